The van der Waals surface area contributed by atoms with Crippen LogP contribution in [0.5, 0.6) is 5.75 Å². The summed E-state index contributed by atoms with van der Waals surface area (Å²) in [5.41, 5.74) is 3.24. The molecule has 1 saturated heterocycles. The second kappa shape index (κ2) is 11.1. The highest BCUT2D eigenvalue weighted by atomic mass is 32.2. The highest BCUT2D eigenvalue weighted by molar-refractivity contribution is 7.91. The second-order valence-corrected chi connectivity index (χ2v) is 14.6. The Balaban J connectivity index is 1.36. The van der Waals surface area contributed by atoms with Gasteiger partial charge in [0.15, 0.2) is 9.84 Å². The van der Waals surface area contributed by atoms with Crippen LogP contribution in [0.25, 0.3) is 21.0 Å². The largest absolute Gasteiger partial charge is 0.497 e. The van der Waals surface area contributed by atoms with E-state index in [2.05, 4.69) is 40.6 Å². The van der Waals surface area contributed by atoms with Gasteiger partial charge in [-0.05, 0) is 55.5 Å². The number of rotatable bonds is 7. The molecule has 3 fully saturated rings. The highest BCUT2D eigenvalue weighted by Gasteiger charge is 2.47. The summed E-state index contributed by atoms with van der Waals surface area (Å²) in [7, 11) is -1.30. The van der Waals surface area contributed by atoms with Crippen LogP contribution >= 0.6 is 11.3 Å². The average Bonchev–Trinajstić information content (AvgIpc) is 3.63. The fraction of sp³-hybridized carbons (Fsp3) is 0.452. The van der Waals surface area contributed by atoms with Crippen molar-refractivity contribution in [2.45, 2.75) is 50.0 Å². The van der Waals surface area contributed by atoms with E-state index in [4.69, 9.17) is 9.72 Å². The lowest BCUT2D eigenvalue weighted by molar-refractivity contribution is -0.127. The predicted molar refractivity (Wildman–Crippen MR) is 161 cm³/mol. The van der Waals surface area contributed by atoms with Gasteiger partial charge in [-0.15, -0.1) is 11.3 Å². The summed E-state index contributed by atoms with van der Waals surface area (Å²) in [6, 6.07) is 18.4. The monoisotopic (exact) mass is 590 g/mol. The van der Waals surface area contributed by atoms with Crippen LogP contribution in [0.15, 0.2) is 48.5 Å². The number of aromatic nitrogens is 1. The van der Waals surface area contributed by atoms with Crippen LogP contribution in [0.3, 0.4) is 0 Å². The topological polar surface area (TPSA) is 112 Å². The molecule has 41 heavy (non-hydrogen) atoms. The van der Waals surface area contributed by atoms with Gasteiger partial charge in [-0.1, -0.05) is 37.1 Å². The normalized spacial score (nSPS) is 22.9. The van der Waals surface area contributed by atoms with Crippen LogP contribution in [0.4, 0.5) is 5.69 Å². The number of anilines is 1. The first-order valence-corrected chi connectivity index (χ1v) is 16.9. The number of benzene rings is 2. The zero-order chi connectivity index (χ0) is 28.6. The van der Waals surface area contributed by atoms with Crippen molar-refractivity contribution >= 4 is 32.8 Å². The summed E-state index contributed by atoms with van der Waals surface area (Å²) in [6.45, 7) is 0.993. The van der Waals surface area contributed by atoms with Crippen LogP contribution < -0.4 is 15.0 Å². The van der Waals surface area contributed by atoms with Gasteiger partial charge in [0, 0.05) is 36.2 Å². The third kappa shape index (κ3) is 5.84. The number of amides is 1. The molecular weight excluding hydrogens is 556 g/mol. The standard InChI is InChI=1S/C31H34N4O4S2/c1-39-24-6-4-5-22(19-24)30-33-27(25-7-2-3-8-26(25)29(36)34-31(20-32)13-14-31)28(40-30)21-9-11-23(12-10-21)35-15-17-41(37,38)18-16-35/h4-6,9-12,19,25-26H,2-3,7-8,13-18H2,1H3,(H,34,36)/t25-,26-/m1/s1. The van der Waals surface area contributed by atoms with Gasteiger partial charge in [-0.25, -0.2) is 13.4 Å². The number of thiazole rings is 1. The molecule has 3 aromatic rings. The zero-order valence-electron chi connectivity index (χ0n) is 23.1. The molecule has 0 bridgehead atoms. The van der Waals surface area contributed by atoms with Gasteiger partial charge in [0.2, 0.25) is 5.91 Å². The first-order valence-electron chi connectivity index (χ1n) is 14.2. The number of carbonyl (C=O) groups is 1. The Labute approximate surface area is 245 Å². The number of carbonyl (C=O) groups excluding carboxylic acids is 1. The number of ether oxygens (including phenoxy) is 1. The van der Waals surface area contributed by atoms with E-state index < -0.39 is 15.4 Å². The van der Waals surface area contributed by atoms with E-state index in [-0.39, 0.29) is 29.2 Å². The Morgan fingerprint density at radius 3 is 2.51 bits per heavy atom. The fourth-order valence-corrected chi connectivity index (χ4v) is 8.29. The Kier molecular flexibility index (Phi) is 7.51. The minimum absolute atomic E-state index is 0.0361. The molecule has 0 unspecified atom stereocenters. The maximum atomic E-state index is 13.5. The van der Waals surface area contributed by atoms with E-state index in [0.29, 0.717) is 25.9 Å². The van der Waals surface area contributed by atoms with Crippen molar-refractivity contribution in [3.05, 3.63) is 54.2 Å². The molecule has 1 N–H and O–H groups in total. The van der Waals surface area contributed by atoms with Gasteiger partial charge in [0.1, 0.15) is 16.3 Å². The molecule has 8 nitrogen and oxygen atoms in total. The van der Waals surface area contributed by atoms with Crippen LogP contribution in [0.2, 0.25) is 0 Å². The summed E-state index contributed by atoms with van der Waals surface area (Å²) in [4.78, 5) is 21.9. The van der Waals surface area contributed by atoms with Crippen LogP contribution in [-0.2, 0) is 14.6 Å². The van der Waals surface area contributed by atoms with Gasteiger partial charge >= 0.3 is 0 Å². The predicted octanol–water partition coefficient (Wildman–Crippen LogP) is 5.17. The number of nitrogens with one attached hydrogen (secondary N) is 1. The third-order valence-corrected chi connectivity index (χ3v) is 11.4. The number of nitrogens with zero attached hydrogens (tertiary/aromatic N) is 3. The van der Waals surface area contributed by atoms with Crippen molar-refractivity contribution in [1.29, 1.82) is 5.26 Å². The summed E-state index contributed by atoms with van der Waals surface area (Å²) in [5.74, 6) is 0.797. The third-order valence-electron chi connectivity index (χ3n) is 8.59. The number of sulfone groups is 1. The average molecular weight is 591 g/mol. The quantitative estimate of drug-likeness (QED) is 0.404. The molecule has 3 aliphatic rings. The molecule has 1 aromatic heterocycles. The smallest absolute Gasteiger partial charge is 0.225 e. The molecule has 10 heteroatoms. The molecule has 214 valence electrons. The van der Waals surface area contributed by atoms with Gasteiger partial charge in [0.25, 0.3) is 0 Å². The molecule has 2 aromatic carbocycles. The van der Waals surface area contributed by atoms with Crippen molar-refractivity contribution in [3.8, 4) is 32.8 Å². The Morgan fingerprint density at radius 1 is 1.10 bits per heavy atom. The summed E-state index contributed by atoms with van der Waals surface area (Å²) in [6.07, 6.45) is 5.08. The Hall–Kier alpha value is -3.42. The van der Waals surface area contributed by atoms with Gasteiger partial charge < -0.3 is 15.0 Å². The maximum absolute atomic E-state index is 13.5. The molecule has 0 spiro atoms. The maximum Gasteiger partial charge on any atom is 0.225 e. The van der Waals surface area contributed by atoms with Crippen LogP contribution in [0.1, 0.15) is 50.1 Å². The summed E-state index contributed by atoms with van der Waals surface area (Å²) >= 11 is 1.62. The van der Waals surface area contributed by atoms with Crippen molar-refractivity contribution in [3.63, 3.8) is 0 Å². The first-order chi connectivity index (χ1) is 19.8. The van der Waals surface area contributed by atoms with Crippen LogP contribution in [-0.4, -0.2) is 56.6 Å². The van der Waals surface area contributed by atoms with Gasteiger partial charge in [-0.3, -0.25) is 4.79 Å². The molecule has 6 rings (SSSR count). The SMILES string of the molecule is COc1cccc(-c2nc([C@@H]3CCCC[C@H]3C(=O)NC3(C#N)CC3)c(-c3ccc(N4CCS(=O)(=O)CC4)cc3)s2)c1. The van der Waals surface area contributed by atoms with Crippen molar-refractivity contribution < 1.29 is 17.9 Å². The first kappa shape index (κ1) is 27.7. The molecule has 2 aliphatic carbocycles. The minimum atomic E-state index is -2.95. The minimum Gasteiger partial charge on any atom is -0.497 e. The van der Waals surface area contributed by atoms with E-state index in [0.717, 1.165) is 63.8 Å². The van der Waals surface area contributed by atoms with E-state index in [9.17, 15) is 18.5 Å². The number of nitriles is 1. The van der Waals surface area contributed by atoms with E-state index in [1.54, 1.807) is 18.4 Å². The summed E-state index contributed by atoms with van der Waals surface area (Å²) in [5, 5.41) is 13.5. The lowest BCUT2D eigenvalue weighted by Gasteiger charge is -2.31. The lowest BCUT2D eigenvalue weighted by Crippen LogP contribution is -2.42. The van der Waals surface area contributed by atoms with Crippen LogP contribution in [0, 0.1) is 17.2 Å². The molecular formula is C31H34N4O4S2. The van der Waals surface area contributed by atoms with Gasteiger partial charge in [0.05, 0.1) is 35.3 Å². The van der Waals surface area contributed by atoms with E-state index in [1.165, 1.54) is 0 Å². The Bertz CT molecular complexity index is 1570. The highest BCUT2D eigenvalue weighted by Crippen LogP contribution is 2.47. The van der Waals surface area contributed by atoms with Gasteiger partial charge in [-0.2, -0.15) is 5.26 Å². The summed E-state index contributed by atoms with van der Waals surface area (Å²) < 4.78 is 29.3. The second-order valence-electron chi connectivity index (χ2n) is 11.3. The van der Waals surface area contributed by atoms with Crippen molar-refractivity contribution in [2.24, 2.45) is 5.92 Å². The fourth-order valence-electron chi connectivity index (χ4n) is 5.95. The van der Waals surface area contributed by atoms with Crippen molar-refractivity contribution in [2.75, 3.05) is 36.6 Å². The van der Waals surface area contributed by atoms with Crippen molar-refractivity contribution in [1.82, 2.24) is 10.3 Å². The zero-order valence-corrected chi connectivity index (χ0v) is 24.8. The van der Waals surface area contributed by atoms with E-state index >= 15 is 0 Å². The molecule has 2 heterocycles. The lowest BCUT2D eigenvalue weighted by atomic mass is 9.76. The number of hydrogen-bond acceptors (Lipinski definition) is 8. The molecule has 1 amide bonds. The Morgan fingerprint density at radius 2 is 1.83 bits per heavy atom. The number of hydrogen-bond donors (Lipinski definition) is 1. The van der Waals surface area contributed by atoms with E-state index in [1.807, 2.05) is 24.3 Å². The molecule has 2 saturated carbocycles. The molecule has 2 atom stereocenters. The molecule has 0 radical (unpaired) electrons. The molecule has 1 aliphatic heterocycles. The number of methoxy groups -OCH3 is 1.